The summed E-state index contributed by atoms with van der Waals surface area (Å²) in [7, 11) is 0. The van der Waals surface area contributed by atoms with Crippen molar-refractivity contribution in [3.8, 4) is 44.5 Å². The second-order valence-electron chi connectivity index (χ2n) is 15.9. The van der Waals surface area contributed by atoms with Crippen molar-refractivity contribution in [2.75, 3.05) is 0 Å². The van der Waals surface area contributed by atoms with Crippen molar-refractivity contribution in [2.24, 2.45) is 0 Å². The summed E-state index contributed by atoms with van der Waals surface area (Å²) in [6.07, 6.45) is 0. The molecule has 1 nitrogen and oxygen atoms in total. The van der Waals surface area contributed by atoms with Gasteiger partial charge in [0.05, 0.1) is 0 Å². The van der Waals surface area contributed by atoms with E-state index in [0.29, 0.717) is 0 Å². The fourth-order valence-electron chi connectivity index (χ4n) is 9.97. The fourth-order valence-corrected chi connectivity index (χ4v) is 11.1. The molecule has 278 valence electrons. The topological polar surface area (TPSA) is 13.1 Å². The van der Waals surface area contributed by atoms with Gasteiger partial charge in [0, 0.05) is 30.9 Å². The van der Waals surface area contributed by atoms with Crippen molar-refractivity contribution in [1.29, 1.82) is 0 Å². The molecular weight excluding hydrogens is 745 g/mol. The highest BCUT2D eigenvalue weighted by Gasteiger charge is 2.21. The zero-order valence-electron chi connectivity index (χ0n) is 32.4. The molecule has 0 aliphatic rings. The van der Waals surface area contributed by atoms with Gasteiger partial charge in [0.2, 0.25) is 0 Å². The zero-order valence-corrected chi connectivity index (χ0v) is 33.3. The molecule has 2 heteroatoms. The molecule has 0 N–H and O–H groups in total. The molecule has 0 amide bonds. The maximum atomic E-state index is 6.74. The van der Waals surface area contributed by atoms with E-state index in [0.717, 1.165) is 11.2 Å². The minimum atomic E-state index is 0.919. The summed E-state index contributed by atoms with van der Waals surface area (Å²) in [6, 6.07) is 75.7. The third kappa shape index (κ3) is 4.98. The third-order valence-electron chi connectivity index (χ3n) is 12.6. The Morgan fingerprint density at radius 3 is 1.60 bits per heavy atom. The zero-order chi connectivity index (χ0) is 39.3. The molecule has 0 atom stereocenters. The van der Waals surface area contributed by atoms with E-state index in [1.54, 1.807) is 0 Å². The van der Waals surface area contributed by atoms with Gasteiger partial charge >= 0.3 is 0 Å². The first kappa shape index (κ1) is 33.5. The van der Waals surface area contributed by atoms with Crippen LogP contribution in [-0.2, 0) is 0 Å². The number of hydrogen-bond acceptors (Lipinski definition) is 2. The smallest absolute Gasteiger partial charge is 0.136 e. The van der Waals surface area contributed by atoms with E-state index in [4.69, 9.17) is 4.42 Å². The molecule has 0 saturated carbocycles. The highest BCUT2D eigenvalue weighted by atomic mass is 32.1. The average Bonchev–Trinajstić information content (AvgIpc) is 3.89. The number of hydrogen-bond donors (Lipinski definition) is 0. The van der Waals surface area contributed by atoms with Crippen molar-refractivity contribution in [2.45, 2.75) is 0 Å². The molecule has 11 aromatic carbocycles. The Morgan fingerprint density at radius 1 is 0.283 bits per heavy atom. The van der Waals surface area contributed by atoms with Crippen LogP contribution in [0.3, 0.4) is 0 Å². The molecule has 0 spiro atoms. The normalized spacial score (nSPS) is 12.0. The highest BCUT2D eigenvalue weighted by Crippen LogP contribution is 2.48. The molecular formula is C58H34OS. The van der Waals surface area contributed by atoms with Gasteiger partial charge in [0.25, 0.3) is 0 Å². The van der Waals surface area contributed by atoms with Crippen LogP contribution < -0.4 is 0 Å². The van der Waals surface area contributed by atoms with E-state index in [1.165, 1.54) is 119 Å². The molecule has 0 fully saturated rings. The van der Waals surface area contributed by atoms with Crippen LogP contribution in [0.1, 0.15) is 0 Å². The van der Waals surface area contributed by atoms with Crippen LogP contribution in [0.15, 0.2) is 211 Å². The second kappa shape index (κ2) is 13.0. The number of thiophene rings is 1. The van der Waals surface area contributed by atoms with Crippen molar-refractivity contribution >= 4 is 96.5 Å². The van der Waals surface area contributed by atoms with E-state index in [1.807, 2.05) is 11.3 Å². The highest BCUT2D eigenvalue weighted by molar-refractivity contribution is 7.26. The van der Waals surface area contributed by atoms with Crippen LogP contribution in [0, 0.1) is 0 Å². The van der Waals surface area contributed by atoms with Gasteiger partial charge in [-0.05, 0) is 124 Å². The van der Waals surface area contributed by atoms with E-state index in [9.17, 15) is 0 Å². The summed E-state index contributed by atoms with van der Waals surface area (Å²) in [5, 5.41) is 14.9. The Hall–Kier alpha value is -7.52. The summed E-state index contributed by atoms with van der Waals surface area (Å²) < 4.78 is 9.33. The molecule has 0 unspecified atom stereocenters. The third-order valence-corrected chi connectivity index (χ3v) is 13.8. The number of furan rings is 1. The van der Waals surface area contributed by atoms with Crippen molar-refractivity contribution in [1.82, 2.24) is 0 Å². The number of fused-ring (bicyclic) bond motifs is 12. The monoisotopic (exact) mass is 778 g/mol. The molecule has 2 aromatic heterocycles. The molecule has 0 saturated heterocycles. The maximum Gasteiger partial charge on any atom is 0.136 e. The van der Waals surface area contributed by atoms with E-state index >= 15 is 0 Å². The van der Waals surface area contributed by atoms with Gasteiger partial charge in [-0.15, -0.1) is 11.3 Å². The molecule has 2 heterocycles. The summed E-state index contributed by atoms with van der Waals surface area (Å²) in [5.41, 5.74) is 11.6. The van der Waals surface area contributed by atoms with Crippen LogP contribution >= 0.6 is 11.3 Å². The molecule has 0 radical (unpaired) electrons. The van der Waals surface area contributed by atoms with Crippen molar-refractivity contribution < 1.29 is 4.42 Å². The van der Waals surface area contributed by atoms with Gasteiger partial charge in [-0.1, -0.05) is 170 Å². The van der Waals surface area contributed by atoms with Crippen LogP contribution in [0.2, 0.25) is 0 Å². The average molecular weight is 779 g/mol. The molecule has 13 rings (SSSR count). The lowest BCUT2D eigenvalue weighted by molar-refractivity contribution is 0.669. The summed E-state index contributed by atoms with van der Waals surface area (Å²) in [5.74, 6) is 0. The summed E-state index contributed by atoms with van der Waals surface area (Å²) in [4.78, 5) is 0. The van der Waals surface area contributed by atoms with Crippen LogP contribution in [0.4, 0.5) is 0 Å². The van der Waals surface area contributed by atoms with E-state index < -0.39 is 0 Å². The molecule has 0 aliphatic carbocycles. The fraction of sp³-hybridized carbons (Fsp3) is 0. The van der Waals surface area contributed by atoms with E-state index in [-0.39, 0.29) is 0 Å². The summed E-state index contributed by atoms with van der Waals surface area (Å²) in [6.45, 7) is 0. The van der Waals surface area contributed by atoms with Crippen LogP contribution in [-0.4, -0.2) is 0 Å². The lowest BCUT2D eigenvalue weighted by Crippen LogP contribution is -1.91. The van der Waals surface area contributed by atoms with Crippen LogP contribution in [0.25, 0.3) is 130 Å². The number of benzene rings is 11. The Labute approximate surface area is 350 Å². The largest absolute Gasteiger partial charge is 0.456 e. The van der Waals surface area contributed by atoms with Gasteiger partial charge in [-0.2, -0.15) is 0 Å². The maximum absolute atomic E-state index is 6.74. The Morgan fingerprint density at radius 2 is 0.850 bits per heavy atom. The van der Waals surface area contributed by atoms with Gasteiger partial charge in [-0.25, -0.2) is 0 Å². The predicted octanol–water partition coefficient (Wildman–Crippen LogP) is 17.2. The van der Waals surface area contributed by atoms with Gasteiger partial charge in [-0.3, -0.25) is 0 Å². The standard InChI is InChI=1S/C58H34OS/c1-2-13-38-32-40(29-24-35(38)12-1)39-14-11-15-41(33-39)55-46-20-7-5-18-44(46)54(45-19-6-8-21-47(45)55)37-27-25-36(26-28-37)49-34-51-56(43-17-4-3-16-42(43)49)58-50(59-51)30-31-53-57(58)48-22-9-10-23-52(48)60-53/h1-34H. The van der Waals surface area contributed by atoms with Crippen LogP contribution in [0.5, 0.6) is 0 Å². The lowest BCUT2D eigenvalue weighted by Gasteiger charge is -2.18. The van der Waals surface area contributed by atoms with Crippen molar-refractivity contribution in [3.05, 3.63) is 206 Å². The molecule has 13 aromatic rings. The summed E-state index contributed by atoms with van der Waals surface area (Å²) >= 11 is 1.85. The Kier molecular flexibility index (Phi) is 7.24. The molecule has 0 aliphatic heterocycles. The Balaban J connectivity index is 0.968. The quantitative estimate of drug-likeness (QED) is 0.162. The van der Waals surface area contributed by atoms with Crippen molar-refractivity contribution in [3.63, 3.8) is 0 Å². The van der Waals surface area contributed by atoms with Gasteiger partial charge in [0.15, 0.2) is 0 Å². The second-order valence-corrected chi connectivity index (χ2v) is 17.0. The Bertz CT molecular complexity index is 3830. The first-order valence-corrected chi connectivity index (χ1v) is 21.4. The number of rotatable bonds is 4. The predicted molar refractivity (Wildman–Crippen MR) is 258 cm³/mol. The SMILES string of the molecule is c1cc(-c2ccc3ccccc3c2)cc(-c2c3ccccc3c(-c3ccc(-c4cc5oc6ccc7sc8ccccc8c7c6c5c5ccccc45)cc3)c3ccccc23)c1. The van der Waals surface area contributed by atoms with Gasteiger partial charge < -0.3 is 4.42 Å². The van der Waals surface area contributed by atoms with Gasteiger partial charge in [0.1, 0.15) is 11.2 Å². The minimum absolute atomic E-state index is 0.919. The minimum Gasteiger partial charge on any atom is -0.456 e. The lowest BCUT2D eigenvalue weighted by atomic mass is 9.85. The first-order chi connectivity index (χ1) is 29.7. The molecule has 60 heavy (non-hydrogen) atoms. The molecule has 0 bridgehead atoms. The first-order valence-electron chi connectivity index (χ1n) is 20.6. The van der Waals surface area contributed by atoms with E-state index in [2.05, 4.69) is 206 Å².